The predicted molar refractivity (Wildman–Crippen MR) is 78.0 cm³/mol. The molecule has 2 aromatic carbocycles. The van der Waals surface area contributed by atoms with Crippen molar-refractivity contribution in [1.82, 2.24) is 0 Å². The Morgan fingerprint density at radius 3 is 2.35 bits per heavy atom. The molecule has 3 nitrogen and oxygen atoms in total. The summed E-state index contributed by atoms with van der Waals surface area (Å²) in [5, 5.41) is 8.75. The fraction of sp³-hybridized carbons (Fsp3) is 0.188. The van der Waals surface area contributed by atoms with Crippen LogP contribution in [0.2, 0.25) is 0 Å². The lowest BCUT2D eigenvalue weighted by atomic mass is 10.1. The van der Waals surface area contributed by atoms with Crippen LogP contribution in [0.25, 0.3) is 0 Å². The number of halogens is 1. The van der Waals surface area contributed by atoms with Crippen molar-refractivity contribution in [2.75, 3.05) is 7.11 Å². The van der Waals surface area contributed by atoms with Crippen LogP contribution in [0.15, 0.2) is 42.5 Å². The molecule has 0 bridgehead atoms. The van der Waals surface area contributed by atoms with Gasteiger partial charge in [0.1, 0.15) is 6.61 Å². The standard InChI is InChI=1S/C16H14ClNO2/c1-19-15-7-6-14(9-17)8-16(15)20-11-13-4-2-12(10-18)3-5-13/h2-8H,9,11H2,1H3. The van der Waals surface area contributed by atoms with Gasteiger partial charge in [-0.05, 0) is 35.4 Å². The molecule has 0 aliphatic rings. The number of ether oxygens (including phenoxy) is 2. The summed E-state index contributed by atoms with van der Waals surface area (Å²) in [5.74, 6) is 1.76. The molecule has 0 saturated carbocycles. The first-order valence-corrected chi connectivity index (χ1v) is 6.65. The van der Waals surface area contributed by atoms with E-state index in [1.54, 1.807) is 19.2 Å². The van der Waals surface area contributed by atoms with Crippen molar-refractivity contribution in [3.8, 4) is 17.6 Å². The van der Waals surface area contributed by atoms with E-state index in [1.165, 1.54) is 0 Å². The number of nitriles is 1. The molecule has 20 heavy (non-hydrogen) atoms. The smallest absolute Gasteiger partial charge is 0.161 e. The molecular formula is C16H14ClNO2. The van der Waals surface area contributed by atoms with Gasteiger partial charge in [-0.25, -0.2) is 0 Å². The minimum Gasteiger partial charge on any atom is -0.493 e. The average Bonchev–Trinajstić information content (AvgIpc) is 2.53. The second kappa shape index (κ2) is 6.83. The van der Waals surface area contributed by atoms with E-state index >= 15 is 0 Å². The zero-order valence-corrected chi connectivity index (χ0v) is 11.9. The van der Waals surface area contributed by atoms with Gasteiger partial charge < -0.3 is 9.47 Å². The average molecular weight is 288 g/mol. The van der Waals surface area contributed by atoms with Crippen molar-refractivity contribution in [2.45, 2.75) is 12.5 Å². The number of nitrogens with zero attached hydrogens (tertiary/aromatic N) is 1. The van der Waals surface area contributed by atoms with Crippen LogP contribution >= 0.6 is 11.6 Å². The van der Waals surface area contributed by atoms with Crippen LogP contribution in [0.4, 0.5) is 0 Å². The van der Waals surface area contributed by atoms with E-state index in [1.807, 2.05) is 30.3 Å². The zero-order valence-electron chi connectivity index (χ0n) is 11.1. The Balaban J connectivity index is 2.11. The SMILES string of the molecule is COc1ccc(CCl)cc1OCc1ccc(C#N)cc1. The highest BCUT2D eigenvalue weighted by atomic mass is 35.5. The van der Waals surface area contributed by atoms with Gasteiger partial charge in [-0.15, -0.1) is 11.6 Å². The Morgan fingerprint density at radius 2 is 1.75 bits per heavy atom. The molecule has 0 fully saturated rings. The minimum atomic E-state index is 0.411. The highest BCUT2D eigenvalue weighted by Gasteiger charge is 2.06. The van der Waals surface area contributed by atoms with Crippen molar-refractivity contribution in [2.24, 2.45) is 0 Å². The highest BCUT2D eigenvalue weighted by Crippen LogP contribution is 2.29. The third-order valence-corrected chi connectivity index (χ3v) is 3.17. The van der Waals surface area contributed by atoms with E-state index in [-0.39, 0.29) is 0 Å². The topological polar surface area (TPSA) is 42.2 Å². The molecule has 102 valence electrons. The number of alkyl halides is 1. The van der Waals surface area contributed by atoms with Gasteiger partial charge in [0.2, 0.25) is 0 Å². The molecule has 0 radical (unpaired) electrons. The van der Waals surface area contributed by atoms with Crippen LogP contribution in [-0.2, 0) is 12.5 Å². The van der Waals surface area contributed by atoms with Gasteiger partial charge in [0, 0.05) is 5.88 Å². The molecule has 0 aliphatic heterocycles. The van der Waals surface area contributed by atoms with Gasteiger partial charge in [-0.1, -0.05) is 18.2 Å². The third kappa shape index (κ3) is 3.43. The van der Waals surface area contributed by atoms with Crippen LogP contribution in [0, 0.1) is 11.3 Å². The Kier molecular flexibility index (Phi) is 4.86. The van der Waals surface area contributed by atoms with Crippen molar-refractivity contribution in [3.05, 3.63) is 59.2 Å². The van der Waals surface area contributed by atoms with Crippen molar-refractivity contribution in [3.63, 3.8) is 0 Å². The van der Waals surface area contributed by atoms with Gasteiger partial charge in [0.25, 0.3) is 0 Å². The number of rotatable bonds is 5. The van der Waals surface area contributed by atoms with Gasteiger partial charge in [0.15, 0.2) is 11.5 Å². The lowest BCUT2D eigenvalue weighted by Crippen LogP contribution is -1.98. The maximum atomic E-state index is 8.75. The van der Waals surface area contributed by atoms with E-state index in [9.17, 15) is 0 Å². The molecule has 4 heteroatoms. The minimum absolute atomic E-state index is 0.411. The Morgan fingerprint density at radius 1 is 1.05 bits per heavy atom. The van der Waals surface area contributed by atoms with Crippen LogP contribution in [0.3, 0.4) is 0 Å². The predicted octanol–water partition coefficient (Wildman–Crippen LogP) is 3.88. The number of hydrogen-bond acceptors (Lipinski definition) is 3. The van der Waals surface area contributed by atoms with Crippen LogP contribution in [-0.4, -0.2) is 7.11 Å². The summed E-state index contributed by atoms with van der Waals surface area (Å²) >= 11 is 5.82. The van der Waals surface area contributed by atoms with Gasteiger partial charge in [-0.3, -0.25) is 0 Å². The Labute approximate surface area is 123 Å². The second-order valence-electron chi connectivity index (χ2n) is 4.22. The third-order valence-electron chi connectivity index (χ3n) is 2.86. The molecule has 0 atom stereocenters. The maximum Gasteiger partial charge on any atom is 0.161 e. The van der Waals surface area contributed by atoms with E-state index in [4.69, 9.17) is 26.3 Å². The summed E-state index contributed by atoms with van der Waals surface area (Å²) in [4.78, 5) is 0. The summed E-state index contributed by atoms with van der Waals surface area (Å²) < 4.78 is 11.0. The normalized spacial score (nSPS) is 9.85. The van der Waals surface area contributed by atoms with E-state index in [2.05, 4.69) is 6.07 Å². The van der Waals surface area contributed by atoms with Gasteiger partial charge in [0.05, 0.1) is 18.7 Å². The fourth-order valence-electron chi connectivity index (χ4n) is 1.75. The van der Waals surface area contributed by atoms with Crippen molar-refractivity contribution >= 4 is 11.6 Å². The lowest BCUT2D eigenvalue weighted by molar-refractivity contribution is 0.284. The first kappa shape index (κ1) is 14.2. The quantitative estimate of drug-likeness (QED) is 0.784. The number of benzene rings is 2. The molecule has 2 rings (SSSR count). The molecule has 0 heterocycles. The molecule has 0 aromatic heterocycles. The van der Waals surface area contributed by atoms with Crippen LogP contribution in [0.1, 0.15) is 16.7 Å². The molecule has 0 amide bonds. The molecule has 0 unspecified atom stereocenters. The van der Waals surface area contributed by atoms with Gasteiger partial charge >= 0.3 is 0 Å². The highest BCUT2D eigenvalue weighted by molar-refractivity contribution is 6.17. The summed E-state index contributed by atoms with van der Waals surface area (Å²) in [6.07, 6.45) is 0. The monoisotopic (exact) mass is 287 g/mol. The molecule has 0 N–H and O–H groups in total. The first-order valence-electron chi connectivity index (χ1n) is 6.11. The summed E-state index contributed by atoms with van der Waals surface area (Å²) in [5.41, 5.74) is 2.60. The number of methoxy groups -OCH3 is 1. The van der Waals surface area contributed by atoms with Crippen molar-refractivity contribution in [1.29, 1.82) is 5.26 Å². The van der Waals surface area contributed by atoms with Crippen LogP contribution in [0.5, 0.6) is 11.5 Å². The molecule has 0 aliphatic carbocycles. The second-order valence-corrected chi connectivity index (χ2v) is 4.48. The Bertz CT molecular complexity index is 617. The first-order chi connectivity index (χ1) is 9.76. The molecule has 0 spiro atoms. The summed E-state index contributed by atoms with van der Waals surface area (Å²) in [6, 6.07) is 15.0. The van der Waals surface area contributed by atoms with Crippen LogP contribution < -0.4 is 9.47 Å². The zero-order chi connectivity index (χ0) is 14.4. The number of hydrogen-bond donors (Lipinski definition) is 0. The van der Waals surface area contributed by atoms with Crippen molar-refractivity contribution < 1.29 is 9.47 Å². The van der Waals surface area contributed by atoms with E-state index < -0.39 is 0 Å². The lowest BCUT2D eigenvalue weighted by Gasteiger charge is -2.11. The fourth-order valence-corrected chi connectivity index (χ4v) is 1.92. The maximum absolute atomic E-state index is 8.75. The van der Waals surface area contributed by atoms with Gasteiger partial charge in [-0.2, -0.15) is 5.26 Å². The largest absolute Gasteiger partial charge is 0.493 e. The molecule has 2 aromatic rings. The summed E-state index contributed by atoms with van der Waals surface area (Å²) in [6.45, 7) is 0.411. The van der Waals surface area contributed by atoms with E-state index in [0.717, 1.165) is 11.1 Å². The summed E-state index contributed by atoms with van der Waals surface area (Å²) in [7, 11) is 1.60. The molecule has 0 saturated heterocycles. The van der Waals surface area contributed by atoms with E-state index in [0.29, 0.717) is 29.5 Å². The Hall–Kier alpha value is -2.18. The molecular weight excluding hydrogens is 274 g/mol.